The average Bonchev–Trinajstić information content (AvgIpc) is 2.94. The summed E-state index contributed by atoms with van der Waals surface area (Å²) in [4.78, 5) is 13.1. The molecule has 0 saturated heterocycles. The number of nitrogens with one attached hydrogen (secondary N) is 1. The van der Waals surface area contributed by atoms with E-state index in [-0.39, 0.29) is 11.9 Å². The predicted octanol–water partition coefficient (Wildman–Crippen LogP) is 2.45. The number of rotatable bonds is 4. The molecule has 2 amide bonds. The Hall–Kier alpha value is -2.70. The lowest BCUT2D eigenvalue weighted by atomic mass is 10.1. The normalized spacial score (nSPS) is 10.1. The van der Waals surface area contributed by atoms with Crippen LogP contribution in [0.2, 0.25) is 0 Å². The van der Waals surface area contributed by atoms with E-state index in [1.165, 1.54) is 11.1 Å². The molecule has 0 aliphatic carbocycles. The number of aromatic nitrogens is 1. The molecule has 0 bridgehead atoms. The van der Waals surface area contributed by atoms with Gasteiger partial charge in [-0.3, -0.25) is 5.32 Å². The van der Waals surface area contributed by atoms with Gasteiger partial charge in [-0.15, -0.1) is 0 Å². The number of nitrogens with zero attached hydrogens (tertiary/aromatic N) is 2. The third kappa shape index (κ3) is 3.07. The molecule has 1 heterocycles. The second kappa shape index (κ2) is 6.17. The summed E-state index contributed by atoms with van der Waals surface area (Å²) in [6.45, 7) is 0. The SMILES string of the molecule is COc1ccc(-c2cnoc2NC(=O)N(C)C)cc1OC. The molecule has 7 nitrogen and oxygen atoms in total. The molecule has 2 aromatic rings. The number of ether oxygens (including phenoxy) is 2. The molecule has 0 spiro atoms. The van der Waals surface area contributed by atoms with Gasteiger partial charge in [-0.05, 0) is 17.7 Å². The number of urea groups is 1. The number of carbonyl (C=O) groups excluding carboxylic acids is 1. The van der Waals surface area contributed by atoms with E-state index in [0.29, 0.717) is 17.1 Å². The molecule has 1 N–H and O–H groups in total. The highest BCUT2D eigenvalue weighted by atomic mass is 16.5. The molecule has 0 aliphatic heterocycles. The topological polar surface area (TPSA) is 76.8 Å². The van der Waals surface area contributed by atoms with Crippen LogP contribution >= 0.6 is 0 Å². The van der Waals surface area contributed by atoms with Crippen molar-refractivity contribution in [3.8, 4) is 22.6 Å². The highest BCUT2D eigenvalue weighted by Gasteiger charge is 2.16. The zero-order chi connectivity index (χ0) is 15.4. The number of methoxy groups -OCH3 is 2. The quantitative estimate of drug-likeness (QED) is 0.936. The van der Waals surface area contributed by atoms with Crippen LogP contribution in [0, 0.1) is 0 Å². The standard InChI is InChI=1S/C14H17N3O4/c1-17(2)14(18)16-13-10(8-15-21-13)9-5-6-11(19-3)12(7-9)20-4/h5-8H,1-4H3,(H,16,18). The van der Waals surface area contributed by atoms with Crippen molar-refractivity contribution in [1.82, 2.24) is 10.1 Å². The van der Waals surface area contributed by atoms with Gasteiger partial charge in [-0.2, -0.15) is 0 Å². The first-order chi connectivity index (χ1) is 10.1. The molecule has 1 aromatic carbocycles. The minimum Gasteiger partial charge on any atom is -0.493 e. The zero-order valence-electron chi connectivity index (χ0n) is 12.3. The van der Waals surface area contributed by atoms with Crippen molar-refractivity contribution in [3.63, 3.8) is 0 Å². The summed E-state index contributed by atoms with van der Waals surface area (Å²) in [6.07, 6.45) is 1.53. The van der Waals surface area contributed by atoms with Gasteiger partial charge in [0.15, 0.2) is 11.5 Å². The molecule has 0 fully saturated rings. The maximum Gasteiger partial charge on any atom is 0.323 e. The van der Waals surface area contributed by atoms with Crippen LogP contribution in [0.4, 0.5) is 10.7 Å². The predicted molar refractivity (Wildman–Crippen MR) is 77.7 cm³/mol. The van der Waals surface area contributed by atoms with E-state index in [9.17, 15) is 4.79 Å². The molecule has 2 rings (SSSR count). The van der Waals surface area contributed by atoms with Gasteiger partial charge in [0.05, 0.1) is 26.0 Å². The van der Waals surface area contributed by atoms with E-state index >= 15 is 0 Å². The van der Waals surface area contributed by atoms with E-state index in [0.717, 1.165) is 5.56 Å². The molecule has 0 atom stereocenters. The van der Waals surface area contributed by atoms with Crippen molar-refractivity contribution in [3.05, 3.63) is 24.4 Å². The summed E-state index contributed by atoms with van der Waals surface area (Å²) < 4.78 is 15.5. The Balaban J connectivity index is 2.35. The Morgan fingerprint density at radius 1 is 1.24 bits per heavy atom. The molecule has 0 aliphatic rings. The average molecular weight is 291 g/mol. The number of hydrogen-bond acceptors (Lipinski definition) is 5. The van der Waals surface area contributed by atoms with Crippen LogP contribution in [0.25, 0.3) is 11.1 Å². The Morgan fingerprint density at radius 2 is 1.95 bits per heavy atom. The Morgan fingerprint density at radius 3 is 2.57 bits per heavy atom. The number of amides is 2. The Bertz CT molecular complexity index is 637. The highest BCUT2D eigenvalue weighted by molar-refractivity contribution is 5.92. The minimum absolute atomic E-state index is 0.279. The van der Waals surface area contributed by atoms with Gasteiger partial charge in [-0.25, -0.2) is 4.79 Å². The van der Waals surface area contributed by atoms with Crippen LogP contribution in [-0.2, 0) is 0 Å². The van der Waals surface area contributed by atoms with Gasteiger partial charge in [-0.1, -0.05) is 11.2 Å². The van der Waals surface area contributed by atoms with Crippen molar-refractivity contribution in [2.24, 2.45) is 0 Å². The van der Waals surface area contributed by atoms with Crippen LogP contribution in [0.5, 0.6) is 11.5 Å². The molecular weight excluding hydrogens is 274 g/mol. The maximum absolute atomic E-state index is 11.7. The lowest BCUT2D eigenvalue weighted by Gasteiger charge is -2.11. The van der Waals surface area contributed by atoms with Gasteiger partial charge < -0.3 is 18.9 Å². The molecule has 0 radical (unpaired) electrons. The first-order valence-electron chi connectivity index (χ1n) is 6.22. The Labute approximate surface area is 122 Å². The fraction of sp³-hybridized carbons (Fsp3) is 0.286. The Kier molecular flexibility index (Phi) is 4.32. The lowest BCUT2D eigenvalue weighted by Crippen LogP contribution is -2.27. The van der Waals surface area contributed by atoms with E-state index in [4.69, 9.17) is 14.0 Å². The third-order valence-corrected chi connectivity index (χ3v) is 2.89. The second-order valence-electron chi connectivity index (χ2n) is 4.46. The van der Waals surface area contributed by atoms with Gasteiger partial charge in [0, 0.05) is 14.1 Å². The smallest absolute Gasteiger partial charge is 0.323 e. The van der Waals surface area contributed by atoms with Gasteiger partial charge in [0.2, 0.25) is 5.88 Å². The zero-order valence-corrected chi connectivity index (χ0v) is 12.3. The van der Waals surface area contributed by atoms with Crippen molar-refractivity contribution in [1.29, 1.82) is 0 Å². The third-order valence-electron chi connectivity index (χ3n) is 2.89. The number of hydrogen-bond donors (Lipinski definition) is 1. The minimum atomic E-state index is -0.298. The largest absolute Gasteiger partial charge is 0.493 e. The fourth-order valence-electron chi connectivity index (χ4n) is 1.75. The fourth-order valence-corrected chi connectivity index (χ4v) is 1.75. The van der Waals surface area contributed by atoms with Crippen LogP contribution in [0.15, 0.2) is 28.9 Å². The van der Waals surface area contributed by atoms with Gasteiger partial charge in [0.25, 0.3) is 0 Å². The van der Waals surface area contributed by atoms with E-state index in [1.807, 2.05) is 6.07 Å². The molecule has 0 saturated carbocycles. The van der Waals surface area contributed by atoms with E-state index in [1.54, 1.807) is 40.4 Å². The molecule has 112 valence electrons. The summed E-state index contributed by atoms with van der Waals surface area (Å²) in [5, 5.41) is 6.37. The number of benzene rings is 1. The monoisotopic (exact) mass is 291 g/mol. The van der Waals surface area contributed by atoms with Crippen LogP contribution in [0.3, 0.4) is 0 Å². The van der Waals surface area contributed by atoms with Gasteiger partial charge >= 0.3 is 6.03 Å². The molecule has 21 heavy (non-hydrogen) atoms. The van der Waals surface area contributed by atoms with Crippen molar-refractivity contribution >= 4 is 11.9 Å². The van der Waals surface area contributed by atoms with E-state index in [2.05, 4.69) is 10.5 Å². The van der Waals surface area contributed by atoms with Crippen LogP contribution < -0.4 is 14.8 Å². The summed E-state index contributed by atoms with van der Waals surface area (Å²) >= 11 is 0. The van der Waals surface area contributed by atoms with Gasteiger partial charge in [0.1, 0.15) is 0 Å². The van der Waals surface area contributed by atoms with Crippen molar-refractivity contribution < 1.29 is 18.8 Å². The summed E-state index contributed by atoms with van der Waals surface area (Å²) in [7, 11) is 6.41. The van der Waals surface area contributed by atoms with Crippen molar-refractivity contribution in [2.45, 2.75) is 0 Å². The number of carbonyl (C=O) groups is 1. The summed E-state index contributed by atoms with van der Waals surface area (Å²) in [5.41, 5.74) is 1.45. The second-order valence-corrected chi connectivity index (χ2v) is 4.46. The summed E-state index contributed by atoms with van der Waals surface area (Å²) in [5.74, 6) is 1.48. The number of anilines is 1. The van der Waals surface area contributed by atoms with Crippen molar-refractivity contribution in [2.75, 3.05) is 33.6 Å². The first-order valence-corrected chi connectivity index (χ1v) is 6.22. The molecule has 0 unspecified atom stereocenters. The molecule has 7 heteroatoms. The highest BCUT2D eigenvalue weighted by Crippen LogP contribution is 2.35. The summed E-state index contributed by atoms with van der Waals surface area (Å²) in [6, 6.07) is 5.10. The molecular formula is C14H17N3O4. The lowest BCUT2D eigenvalue weighted by molar-refractivity contribution is 0.229. The van der Waals surface area contributed by atoms with Crippen LogP contribution in [0.1, 0.15) is 0 Å². The first kappa shape index (κ1) is 14.7. The maximum atomic E-state index is 11.7. The van der Waals surface area contributed by atoms with Crippen LogP contribution in [-0.4, -0.2) is 44.4 Å². The molecule has 1 aromatic heterocycles. The van der Waals surface area contributed by atoms with E-state index < -0.39 is 0 Å².